The maximum absolute atomic E-state index is 11.2. The summed E-state index contributed by atoms with van der Waals surface area (Å²) < 4.78 is -0.113. The van der Waals surface area contributed by atoms with Gasteiger partial charge in [0, 0.05) is 6.92 Å². The van der Waals surface area contributed by atoms with Gasteiger partial charge in [-0.1, -0.05) is 27.7 Å². The molecule has 0 aliphatic rings. The van der Waals surface area contributed by atoms with E-state index in [1.807, 2.05) is 58.4 Å². The fraction of sp³-hybridized carbons (Fsp3) is 0.800. The summed E-state index contributed by atoms with van der Waals surface area (Å²) in [4.78, 5) is 31.3. The second-order valence-corrected chi connectivity index (χ2v) is 5.45. The normalized spacial score (nSPS) is 10.3. The van der Waals surface area contributed by atoms with Gasteiger partial charge in [0.25, 0.3) is 5.97 Å². The third-order valence-corrected chi connectivity index (χ3v) is 2.34. The van der Waals surface area contributed by atoms with Crippen LogP contribution in [-0.2, 0) is 14.4 Å². The van der Waals surface area contributed by atoms with E-state index in [-0.39, 0.29) is 10.5 Å². The van der Waals surface area contributed by atoms with Crippen molar-refractivity contribution in [1.29, 1.82) is 0 Å². The van der Waals surface area contributed by atoms with Crippen molar-refractivity contribution in [1.82, 2.24) is 5.32 Å². The summed E-state index contributed by atoms with van der Waals surface area (Å²) in [5.41, 5.74) is 5.32. The van der Waals surface area contributed by atoms with Crippen molar-refractivity contribution in [3.05, 3.63) is 0 Å². The van der Waals surface area contributed by atoms with Crippen molar-refractivity contribution in [2.45, 2.75) is 79.8 Å². The van der Waals surface area contributed by atoms with E-state index >= 15 is 0 Å². The van der Waals surface area contributed by atoms with Crippen molar-refractivity contribution < 1.29 is 19.5 Å². The van der Waals surface area contributed by atoms with Crippen LogP contribution in [0.4, 0.5) is 0 Å². The molecule has 4 N–H and O–H groups in total. The molecule has 1 amide bonds. The van der Waals surface area contributed by atoms with Crippen LogP contribution >= 0.6 is 0 Å². The fourth-order valence-corrected chi connectivity index (χ4v) is 1.35. The molecule has 0 bridgehead atoms. The standard InChI is InChI=1S/C9H17AsN2O2.C2H4O2.2C2H6/c1-4-7(13)12-6(8(10)14)5-9(2,3)11;1-2(3)4;2*1-2/h6H,4-5,11H2,1-3H3,(H,12,13);1H3,(H,3,4);2*1-2H3. The molecule has 0 rings (SSSR count). The van der Waals surface area contributed by atoms with Gasteiger partial charge in [0.15, 0.2) is 0 Å². The molecular formula is C15H33AsN2O4. The minimum absolute atomic E-state index is 0.113. The molecule has 1 atom stereocenters. The van der Waals surface area contributed by atoms with E-state index < -0.39 is 17.6 Å². The monoisotopic (exact) mass is 380 g/mol. The molecule has 0 aromatic carbocycles. The van der Waals surface area contributed by atoms with E-state index in [1.165, 1.54) is 0 Å². The van der Waals surface area contributed by atoms with Gasteiger partial charge in [0.05, 0.1) is 0 Å². The Hall–Kier alpha value is -0.872. The molecule has 6 nitrogen and oxygen atoms in total. The number of amides is 1. The van der Waals surface area contributed by atoms with Crippen molar-refractivity contribution in [2.24, 2.45) is 5.73 Å². The van der Waals surface area contributed by atoms with Crippen LogP contribution in [-0.4, -0.2) is 50.0 Å². The molecule has 1 unspecified atom stereocenters. The summed E-state index contributed by atoms with van der Waals surface area (Å²) in [7, 11) is 0. The van der Waals surface area contributed by atoms with Gasteiger partial charge in [-0.2, -0.15) is 0 Å². The number of aliphatic carboxylic acids is 1. The van der Waals surface area contributed by atoms with Gasteiger partial charge < -0.3 is 5.11 Å². The van der Waals surface area contributed by atoms with Crippen LogP contribution in [0, 0.1) is 0 Å². The number of nitrogens with one attached hydrogen (secondary N) is 1. The average Bonchev–Trinajstić information content (AvgIpc) is 2.40. The molecule has 0 aromatic heterocycles. The van der Waals surface area contributed by atoms with Gasteiger partial charge in [-0.3, -0.25) is 4.79 Å². The summed E-state index contributed by atoms with van der Waals surface area (Å²) in [6.45, 7) is 14.5. The van der Waals surface area contributed by atoms with E-state index in [0.29, 0.717) is 12.8 Å². The molecule has 132 valence electrons. The SMILES string of the molecule is CC.CC.CC(=O)O.CCC(=O)NC(CC(C)(C)N)C(=O)[As]. The molecule has 22 heavy (non-hydrogen) atoms. The van der Waals surface area contributed by atoms with Gasteiger partial charge in [0.2, 0.25) is 0 Å². The number of carbonyl (C=O) groups is 3. The minimum atomic E-state index is -0.833. The Bertz CT molecular complexity index is 298. The quantitative estimate of drug-likeness (QED) is 0.631. The summed E-state index contributed by atoms with van der Waals surface area (Å²) in [6.07, 6.45) is 0.827. The number of rotatable bonds is 5. The number of carboxylic acids is 1. The van der Waals surface area contributed by atoms with Crippen LogP contribution < -0.4 is 11.1 Å². The van der Waals surface area contributed by atoms with E-state index in [9.17, 15) is 9.59 Å². The van der Waals surface area contributed by atoms with Crippen LogP contribution in [0.5, 0.6) is 0 Å². The fourth-order valence-electron chi connectivity index (χ4n) is 1.02. The summed E-state index contributed by atoms with van der Waals surface area (Å²) in [5, 5.41) is 10.1. The molecule has 0 aliphatic heterocycles. The summed E-state index contributed by atoms with van der Waals surface area (Å²) in [6, 6.07) is -0.484. The van der Waals surface area contributed by atoms with Gasteiger partial charge in [-0.05, 0) is 0 Å². The summed E-state index contributed by atoms with van der Waals surface area (Å²) in [5.74, 6) is -0.960. The van der Waals surface area contributed by atoms with E-state index in [0.717, 1.165) is 6.92 Å². The molecule has 0 aromatic rings. The Kier molecular flexibility index (Phi) is 24.1. The molecular weight excluding hydrogens is 347 g/mol. The van der Waals surface area contributed by atoms with Crippen molar-refractivity contribution in [3.63, 3.8) is 0 Å². The van der Waals surface area contributed by atoms with E-state index in [1.54, 1.807) is 6.92 Å². The van der Waals surface area contributed by atoms with Gasteiger partial charge in [-0.25, -0.2) is 0 Å². The van der Waals surface area contributed by atoms with Gasteiger partial charge in [-0.15, -0.1) is 0 Å². The predicted octanol–water partition coefficient (Wildman–Crippen LogP) is 1.85. The Balaban J connectivity index is -0.000000170. The zero-order chi connectivity index (χ0) is 18.9. The first-order valence-corrected chi connectivity index (χ1v) is 8.44. The molecule has 2 radical (unpaired) electrons. The second kappa shape index (κ2) is 18.2. The zero-order valence-electron chi connectivity index (χ0n) is 15.2. The zero-order valence-corrected chi connectivity index (χ0v) is 17.1. The molecule has 0 heterocycles. The van der Waals surface area contributed by atoms with E-state index in [2.05, 4.69) is 5.32 Å². The second-order valence-electron chi connectivity index (χ2n) is 4.52. The number of carboxylic acid groups (broad SMARTS) is 1. The first-order valence-electron chi connectivity index (χ1n) is 7.50. The van der Waals surface area contributed by atoms with Crippen molar-refractivity contribution >= 4 is 33.3 Å². The molecule has 0 saturated heterocycles. The van der Waals surface area contributed by atoms with Crippen LogP contribution in [0.2, 0.25) is 0 Å². The maximum atomic E-state index is 11.2. The summed E-state index contributed by atoms with van der Waals surface area (Å²) >= 11 is 1.92. The molecule has 7 heteroatoms. The van der Waals surface area contributed by atoms with Crippen molar-refractivity contribution in [2.75, 3.05) is 0 Å². The molecule has 0 fully saturated rings. The number of nitrogens with two attached hydrogens (primary N) is 1. The first-order chi connectivity index (χ1) is 9.99. The molecule has 0 spiro atoms. The number of carbonyl (C=O) groups excluding carboxylic acids is 2. The van der Waals surface area contributed by atoms with Crippen molar-refractivity contribution in [3.8, 4) is 0 Å². The van der Waals surface area contributed by atoms with Gasteiger partial charge >= 0.3 is 93.2 Å². The number of hydrogen-bond acceptors (Lipinski definition) is 4. The van der Waals surface area contributed by atoms with Gasteiger partial charge in [0.1, 0.15) is 0 Å². The Morgan fingerprint density at radius 3 is 1.68 bits per heavy atom. The molecule has 0 saturated carbocycles. The third-order valence-electron chi connectivity index (χ3n) is 1.68. The first kappa shape index (κ1) is 29.2. The number of hydrogen-bond donors (Lipinski definition) is 3. The Morgan fingerprint density at radius 1 is 1.18 bits per heavy atom. The Morgan fingerprint density at radius 2 is 1.50 bits per heavy atom. The van der Waals surface area contributed by atoms with Crippen LogP contribution in [0.25, 0.3) is 0 Å². The third kappa shape index (κ3) is 31.5. The van der Waals surface area contributed by atoms with Crippen LogP contribution in [0.3, 0.4) is 0 Å². The van der Waals surface area contributed by atoms with Crippen LogP contribution in [0.1, 0.15) is 68.2 Å². The average molecular weight is 380 g/mol. The van der Waals surface area contributed by atoms with E-state index in [4.69, 9.17) is 15.6 Å². The van der Waals surface area contributed by atoms with Crippen LogP contribution in [0.15, 0.2) is 0 Å². The Labute approximate surface area is 144 Å². The topological polar surface area (TPSA) is 109 Å². The predicted molar refractivity (Wildman–Crippen MR) is 91.9 cm³/mol. The molecule has 0 aliphatic carbocycles.